The van der Waals surface area contributed by atoms with Crippen molar-refractivity contribution in [2.24, 2.45) is 0 Å². The van der Waals surface area contributed by atoms with E-state index in [0.29, 0.717) is 15.2 Å². The van der Waals surface area contributed by atoms with Crippen LogP contribution in [0.2, 0.25) is 0 Å². The standard InChI is InChI=1S/C12H13ClFN3O3S/c1-2-16-11(15)10(14)7-17(12(16)18)21(19,20)9-5-3-8(13)4-6-9/h3-5,7,9,15H,2,6H2,1H3. The van der Waals surface area contributed by atoms with Gasteiger partial charge in [-0.1, -0.05) is 23.8 Å². The lowest BCUT2D eigenvalue weighted by molar-refractivity contribution is 0.514. The second-order valence-corrected chi connectivity index (χ2v) is 6.88. The summed E-state index contributed by atoms with van der Waals surface area (Å²) in [5, 5.41) is 6.85. The largest absolute Gasteiger partial charge is 0.343 e. The minimum atomic E-state index is -4.12. The Labute approximate surface area is 125 Å². The normalized spacial score (nSPS) is 18.6. The fourth-order valence-electron chi connectivity index (χ4n) is 1.98. The average molecular weight is 334 g/mol. The van der Waals surface area contributed by atoms with Gasteiger partial charge in [0.25, 0.3) is 0 Å². The van der Waals surface area contributed by atoms with Gasteiger partial charge in [0.05, 0.1) is 6.20 Å². The molecule has 0 radical (unpaired) electrons. The Morgan fingerprint density at radius 3 is 2.71 bits per heavy atom. The third-order valence-corrected chi connectivity index (χ3v) is 5.34. The first-order valence-electron chi connectivity index (χ1n) is 6.14. The van der Waals surface area contributed by atoms with Gasteiger partial charge in [-0.3, -0.25) is 9.98 Å². The summed E-state index contributed by atoms with van der Waals surface area (Å²) in [6.45, 7) is 1.52. The van der Waals surface area contributed by atoms with Crippen molar-refractivity contribution in [1.29, 1.82) is 5.41 Å². The SMILES string of the molecule is CCn1c(=N)c(F)cn(S(=O)(=O)C2C=CC(Cl)=CC2)c1=O. The number of hydrogen-bond acceptors (Lipinski definition) is 4. The Hall–Kier alpha value is -1.67. The summed E-state index contributed by atoms with van der Waals surface area (Å²) in [6, 6.07) is 0. The van der Waals surface area contributed by atoms with Gasteiger partial charge < -0.3 is 0 Å². The van der Waals surface area contributed by atoms with Crippen molar-refractivity contribution in [1.82, 2.24) is 8.54 Å². The van der Waals surface area contributed by atoms with Crippen LogP contribution < -0.4 is 11.2 Å². The number of aromatic nitrogens is 2. The summed E-state index contributed by atoms with van der Waals surface area (Å²) >= 11 is 5.73. The fourth-order valence-corrected chi connectivity index (χ4v) is 3.61. The molecule has 9 heteroatoms. The molecule has 1 aromatic rings. The molecule has 1 aromatic heterocycles. The number of nitrogens with one attached hydrogen (secondary N) is 1. The Morgan fingerprint density at radius 2 is 2.19 bits per heavy atom. The van der Waals surface area contributed by atoms with Crippen LogP contribution in [-0.4, -0.2) is 22.2 Å². The Morgan fingerprint density at radius 1 is 1.52 bits per heavy atom. The summed E-state index contributed by atoms with van der Waals surface area (Å²) in [7, 11) is -4.12. The van der Waals surface area contributed by atoms with Crippen LogP contribution in [-0.2, 0) is 16.6 Å². The molecule has 2 rings (SSSR count). The van der Waals surface area contributed by atoms with E-state index in [0.717, 1.165) is 4.57 Å². The lowest BCUT2D eigenvalue weighted by atomic mass is 10.2. The lowest BCUT2D eigenvalue weighted by Gasteiger charge is -2.17. The van der Waals surface area contributed by atoms with Gasteiger partial charge in [-0.05, 0) is 19.4 Å². The molecule has 0 fully saturated rings. The minimum absolute atomic E-state index is 0.00279. The fraction of sp³-hybridized carbons (Fsp3) is 0.333. The van der Waals surface area contributed by atoms with Gasteiger partial charge in [0.2, 0.25) is 10.0 Å². The number of allylic oxidation sites excluding steroid dienone is 3. The first-order valence-corrected chi connectivity index (χ1v) is 8.02. The molecule has 0 saturated carbocycles. The monoisotopic (exact) mass is 333 g/mol. The van der Waals surface area contributed by atoms with Gasteiger partial charge in [0.1, 0.15) is 5.25 Å². The maximum atomic E-state index is 13.7. The zero-order chi connectivity index (χ0) is 15.8. The van der Waals surface area contributed by atoms with Crippen molar-refractivity contribution in [2.45, 2.75) is 25.1 Å². The molecule has 1 aliphatic carbocycles. The molecule has 1 unspecified atom stereocenters. The van der Waals surface area contributed by atoms with E-state index >= 15 is 0 Å². The third kappa shape index (κ3) is 2.73. The van der Waals surface area contributed by atoms with Crippen molar-refractivity contribution in [3.8, 4) is 0 Å². The van der Waals surface area contributed by atoms with Crippen LogP contribution >= 0.6 is 11.6 Å². The molecule has 21 heavy (non-hydrogen) atoms. The molecular formula is C12H13ClFN3O3S. The summed E-state index contributed by atoms with van der Waals surface area (Å²) in [5.74, 6) is -1.08. The highest BCUT2D eigenvalue weighted by Gasteiger charge is 2.28. The van der Waals surface area contributed by atoms with E-state index in [4.69, 9.17) is 17.0 Å². The smallest absolute Gasteiger partial charge is 0.282 e. The van der Waals surface area contributed by atoms with Crippen LogP contribution in [0.4, 0.5) is 4.39 Å². The highest BCUT2D eigenvalue weighted by Crippen LogP contribution is 2.20. The molecular weight excluding hydrogens is 321 g/mol. The van der Waals surface area contributed by atoms with Crippen molar-refractivity contribution in [3.63, 3.8) is 0 Å². The maximum absolute atomic E-state index is 13.7. The van der Waals surface area contributed by atoms with Crippen LogP contribution in [0.5, 0.6) is 0 Å². The number of halogens is 2. The predicted molar refractivity (Wildman–Crippen MR) is 76.0 cm³/mol. The van der Waals surface area contributed by atoms with Crippen molar-refractivity contribution in [3.05, 3.63) is 51.2 Å². The average Bonchev–Trinajstić information content (AvgIpc) is 2.44. The van der Waals surface area contributed by atoms with Crippen molar-refractivity contribution < 1.29 is 12.8 Å². The molecule has 1 heterocycles. The molecule has 1 N–H and O–H groups in total. The first-order chi connectivity index (χ1) is 9.78. The van der Waals surface area contributed by atoms with E-state index in [1.54, 1.807) is 0 Å². The summed E-state index contributed by atoms with van der Waals surface area (Å²) in [6.07, 6.45) is 4.92. The van der Waals surface area contributed by atoms with Crippen LogP contribution in [0, 0.1) is 11.2 Å². The van der Waals surface area contributed by atoms with Crippen LogP contribution in [0.1, 0.15) is 13.3 Å². The molecule has 0 saturated heterocycles. The highest BCUT2D eigenvalue weighted by atomic mass is 35.5. The van der Waals surface area contributed by atoms with Crippen LogP contribution in [0.15, 0.2) is 34.3 Å². The Kier molecular flexibility index (Phi) is 4.20. The zero-order valence-electron chi connectivity index (χ0n) is 11.1. The van der Waals surface area contributed by atoms with Crippen LogP contribution in [0.25, 0.3) is 0 Å². The quantitative estimate of drug-likeness (QED) is 0.892. The second-order valence-electron chi connectivity index (χ2n) is 4.42. The van der Waals surface area contributed by atoms with Crippen LogP contribution in [0.3, 0.4) is 0 Å². The van der Waals surface area contributed by atoms with E-state index in [1.165, 1.54) is 25.2 Å². The van der Waals surface area contributed by atoms with Crippen molar-refractivity contribution >= 4 is 21.6 Å². The van der Waals surface area contributed by atoms with Crippen molar-refractivity contribution in [2.75, 3.05) is 0 Å². The molecule has 0 aliphatic heterocycles. The van der Waals surface area contributed by atoms with E-state index in [-0.39, 0.29) is 13.0 Å². The number of hydrogen-bond donors (Lipinski definition) is 1. The van der Waals surface area contributed by atoms with E-state index in [1.807, 2.05) is 0 Å². The Balaban J connectivity index is 2.62. The van der Waals surface area contributed by atoms with Gasteiger partial charge in [-0.15, -0.1) is 0 Å². The molecule has 114 valence electrons. The topological polar surface area (TPSA) is 84.9 Å². The molecule has 1 atom stereocenters. The van der Waals surface area contributed by atoms with E-state index in [9.17, 15) is 17.6 Å². The predicted octanol–water partition coefficient (Wildman–Crippen LogP) is 0.917. The van der Waals surface area contributed by atoms with Gasteiger partial charge in [-0.25, -0.2) is 17.6 Å². The van der Waals surface area contributed by atoms with Gasteiger partial charge in [-0.2, -0.15) is 3.97 Å². The number of nitrogens with zero attached hydrogens (tertiary/aromatic N) is 2. The molecule has 1 aliphatic rings. The highest BCUT2D eigenvalue weighted by molar-refractivity contribution is 7.90. The Bertz CT molecular complexity index is 851. The molecule has 0 bridgehead atoms. The second kappa shape index (κ2) is 5.61. The van der Waals surface area contributed by atoms with Gasteiger partial charge in [0, 0.05) is 11.6 Å². The van der Waals surface area contributed by atoms with E-state index < -0.39 is 32.3 Å². The molecule has 6 nitrogen and oxygen atoms in total. The van der Waals surface area contributed by atoms with E-state index in [2.05, 4.69) is 0 Å². The van der Waals surface area contributed by atoms with Gasteiger partial charge >= 0.3 is 5.69 Å². The molecule has 0 amide bonds. The molecule has 0 spiro atoms. The first kappa shape index (κ1) is 15.7. The minimum Gasteiger partial charge on any atom is -0.282 e. The zero-order valence-corrected chi connectivity index (χ0v) is 12.7. The van der Waals surface area contributed by atoms with Gasteiger partial charge in [0.15, 0.2) is 11.3 Å². The summed E-state index contributed by atoms with van der Waals surface area (Å²) < 4.78 is 39.7. The summed E-state index contributed by atoms with van der Waals surface area (Å²) in [4.78, 5) is 12.1. The lowest BCUT2D eigenvalue weighted by Crippen LogP contribution is -2.45. The summed E-state index contributed by atoms with van der Waals surface area (Å²) in [5.41, 5.74) is -1.60. The number of rotatable bonds is 3. The third-order valence-electron chi connectivity index (χ3n) is 3.13. The maximum Gasteiger partial charge on any atom is 0.343 e. The molecule has 0 aromatic carbocycles.